The molecule has 0 aromatic rings. The molecule has 0 fully saturated rings. The van der Waals surface area contributed by atoms with Crippen molar-refractivity contribution in [3.63, 3.8) is 0 Å². The van der Waals surface area contributed by atoms with Crippen LogP contribution in [0.25, 0.3) is 0 Å². The first-order chi connectivity index (χ1) is 12.3. The number of carboxylic acid groups (broad SMARTS) is 2. The molecule has 0 heterocycles. The summed E-state index contributed by atoms with van der Waals surface area (Å²) in [5.41, 5.74) is 3.43. The van der Waals surface area contributed by atoms with E-state index in [0.29, 0.717) is 5.75 Å². The molecule has 0 spiro atoms. The third-order valence-corrected chi connectivity index (χ3v) is 4.71. The van der Waals surface area contributed by atoms with Gasteiger partial charge in [0.15, 0.2) is 6.04 Å². The lowest BCUT2D eigenvalue weighted by Crippen LogP contribution is -2.65. The summed E-state index contributed by atoms with van der Waals surface area (Å²) in [5, 5.41) is 22.2. The second-order valence-electron chi connectivity index (χ2n) is 5.94. The Labute approximate surface area is 157 Å². The van der Waals surface area contributed by atoms with Crippen LogP contribution < -0.4 is 16.4 Å². The Hall–Kier alpha value is -1.81. The second-order valence-corrected chi connectivity index (χ2v) is 7.09. The van der Waals surface area contributed by atoms with Crippen LogP contribution in [0, 0.1) is 0 Å². The van der Waals surface area contributed by atoms with Crippen LogP contribution in [0.15, 0.2) is 0 Å². The number of aliphatic carboxylic acids is 2. The molecule has 150 valence electrons. The second kappa shape index (κ2) is 14.4. The summed E-state index contributed by atoms with van der Waals surface area (Å²) in [6.45, 7) is 1.60. The fraction of sp³-hybridized carbons (Fsp3) is 0.750. The Morgan fingerprint density at radius 1 is 1.12 bits per heavy atom. The highest BCUT2D eigenvalue weighted by molar-refractivity contribution is 7.99. The molecular formula is C16H30N3O6S+. The van der Waals surface area contributed by atoms with Crippen molar-refractivity contribution in [2.45, 2.75) is 57.5 Å². The van der Waals surface area contributed by atoms with Gasteiger partial charge in [0.1, 0.15) is 12.6 Å². The number of thioether (sulfide) groups is 1. The molecule has 2 atom stereocenters. The largest absolute Gasteiger partial charge is 0.480 e. The molecule has 10 heteroatoms. The molecule has 26 heavy (non-hydrogen) atoms. The highest BCUT2D eigenvalue weighted by Crippen LogP contribution is 2.09. The van der Waals surface area contributed by atoms with E-state index in [0.717, 1.165) is 31.4 Å². The van der Waals surface area contributed by atoms with Gasteiger partial charge in [0.25, 0.3) is 0 Å². The van der Waals surface area contributed by atoms with Gasteiger partial charge in [-0.05, 0) is 12.2 Å². The molecule has 0 bridgehead atoms. The zero-order valence-corrected chi connectivity index (χ0v) is 16.0. The summed E-state index contributed by atoms with van der Waals surface area (Å²) < 4.78 is 0. The lowest BCUT2D eigenvalue weighted by atomic mass is 10.1. The van der Waals surface area contributed by atoms with Gasteiger partial charge in [0, 0.05) is 18.6 Å². The maximum atomic E-state index is 12.1. The normalized spacial score (nSPS) is 12.8. The van der Waals surface area contributed by atoms with Crippen molar-refractivity contribution in [3.8, 4) is 0 Å². The molecule has 0 aliphatic heterocycles. The number of nitrogens with one attached hydrogen (secondary N) is 2. The van der Waals surface area contributed by atoms with Crippen molar-refractivity contribution >= 4 is 35.5 Å². The highest BCUT2D eigenvalue weighted by atomic mass is 32.2. The average molecular weight is 392 g/mol. The lowest BCUT2D eigenvalue weighted by molar-refractivity contribution is -0.408. The number of rotatable bonds is 15. The number of unbranched alkanes of at least 4 members (excludes halogenated alkanes) is 3. The Kier molecular flexibility index (Phi) is 13.4. The molecule has 0 rings (SSSR count). The van der Waals surface area contributed by atoms with E-state index in [1.807, 2.05) is 0 Å². The topological polar surface area (TPSA) is 160 Å². The van der Waals surface area contributed by atoms with Crippen molar-refractivity contribution in [2.75, 3.05) is 18.1 Å². The summed E-state index contributed by atoms with van der Waals surface area (Å²) in [7, 11) is 0. The molecule has 0 aliphatic carbocycles. The highest BCUT2D eigenvalue weighted by Gasteiger charge is 2.23. The average Bonchev–Trinajstić information content (AvgIpc) is 2.59. The third-order valence-electron chi connectivity index (χ3n) is 3.56. The SMILES string of the molecule is CCCCCCSC[C@@H](NC(=O)CC[C@H]([NH3+])C(=O)O)C(=O)NCC(=O)O. The monoisotopic (exact) mass is 392 g/mol. The fourth-order valence-corrected chi connectivity index (χ4v) is 3.04. The number of hydrogen-bond acceptors (Lipinski definition) is 5. The van der Waals surface area contributed by atoms with Gasteiger partial charge in [-0.3, -0.25) is 14.4 Å². The molecule has 9 nitrogen and oxygen atoms in total. The van der Waals surface area contributed by atoms with Crippen LogP contribution in [-0.4, -0.2) is 64.1 Å². The summed E-state index contributed by atoms with van der Waals surface area (Å²) in [4.78, 5) is 45.4. The van der Waals surface area contributed by atoms with Crippen LogP contribution in [0.3, 0.4) is 0 Å². The first-order valence-corrected chi connectivity index (χ1v) is 9.85. The molecule has 0 aliphatic rings. The molecule has 0 saturated carbocycles. The van der Waals surface area contributed by atoms with E-state index in [4.69, 9.17) is 10.2 Å². The van der Waals surface area contributed by atoms with Crippen LogP contribution in [0.2, 0.25) is 0 Å². The van der Waals surface area contributed by atoms with Crippen LogP contribution >= 0.6 is 11.8 Å². The molecule has 2 amide bonds. The minimum absolute atomic E-state index is 0.0643. The summed E-state index contributed by atoms with van der Waals surface area (Å²) in [6, 6.07) is -1.75. The third kappa shape index (κ3) is 12.5. The van der Waals surface area contributed by atoms with Gasteiger partial charge in [-0.25, -0.2) is 4.79 Å². The Morgan fingerprint density at radius 3 is 2.38 bits per heavy atom. The van der Waals surface area contributed by atoms with Crippen LogP contribution in [-0.2, 0) is 19.2 Å². The summed E-state index contributed by atoms with van der Waals surface area (Å²) in [6.07, 6.45) is 4.39. The first-order valence-electron chi connectivity index (χ1n) is 8.70. The predicted molar refractivity (Wildman–Crippen MR) is 97.6 cm³/mol. The van der Waals surface area contributed by atoms with Crippen LogP contribution in [0.1, 0.15) is 45.4 Å². The van der Waals surface area contributed by atoms with Crippen molar-refractivity contribution < 1.29 is 35.1 Å². The van der Waals surface area contributed by atoms with E-state index < -0.39 is 42.4 Å². The zero-order valence-electron chi connectivity index (χ0n) is 15.2. The maximum absolute atomic E-state index is 12.1. The number of carbonyl (C=O) groups is 4. The summed E-state index contributed by atoms with van der Waals surface area (Å²) in [5.74, 6) is -2.10. The number of quaternary nitrogens is 1. The first kappa shape index (κ1) is 24.2. The molecule has 0 aromatic carbocycles. The van der Waals surface area contributed by atoms with Gasteiger partial charge in [-0.2, -0.15) is 11.8 Å². The van der Waals surface area contributed by atoms with Crippen LogP contribution in [0.4, 0.5) is 0 Å². The summed E-state index contributed by atoms with van der Waals surface area (Å²) >= 11 is 1.52. The number of hydrogen-bond donors (Lipinski definition) is 5. The number of carboxylic acids is 2. The number of carbonyl (C=O) groups excluding carboxylic acids is 2. The quantitative estimate of drug-likeness (QED) is 0.234. The van der Waals surface area contributed by atoms with E-state index >= 15 is 0 Å². The van der Waals surface area contributed by atoms with Gasteiger partial charge in [-0.15, -0.1) is 0 Å². The zero-order chi connectivity index (χ0) is 19.9. The van der Waals surface area contributed by atoms with Gasteiger partial charge in [-0.1, -0.05) is 26.2 Å². The van der Waals surface area contributed by atoms with E-state index in [2.05, 4.69) is 23.3 Å². The molecule has 0 aromatic heterocycles. The fourth-order valence-electron chi connectivity index (χ4n) is 2.00. The Bertz CT molecular complexity index is 475. The van der Waals surface area contributed by atoms with E-state index in [9.17, 15) is 19.2 Å². The maximum Gasteiger partial charge on any atom is 0.362 e. The smallest absolute Gasteiger partial charge is 0.362 e. The van der Waals surface area contributed by atoms with E-state index in [1.54, 1.807) is 0 Å². The Morgan fingerprint density at radius 2 is 1.81 bits per heavy atom. The van der Waals surface area contributed by atoms with Crippen molar-refractivity contribution in [1.82, 2.24) is 10.6 Å². The Balaban J connectivity index is 4.46. The van der Waals surface area contributed by atoms with Gasteiger partial charge in [0.05, 0.1) is 0 Å². The molecule has 7 N–H and O–H groups in total. The van der Waals surface area contributed by atoms with Crippen molar-refractivity contribution in [3.05, 3.63) is 0 Å². The minimum Gasteiger partial charge on any atom is -0.480 e. The van der Waals surface area contributed by atoms with Gasteiger partial charge in [0.2, 0.25) is 11.8 Å². The molecule has 0 unspecified atom stereocenters. The molecular weight excluding hydrogens is 362 g/mol. The van der Waals surface area contributed by atoms with E-state index in [1.165, 1.54) is 11.8 Å². The molecule has 0 radical (unpaired) electrons. The number of amides is 2. The minimum atomic E-state index is -1.17. The predicted octanol–water partition coefficient (Wildman–Crippen LogP) is -0.539. The van der Waals surface area contributed by atoms with Gasteiger partial charge < -0.3 is 26.6 Å². The van der Waals surface area contributed by atoms with E-state index in [-0.39, 0.29) is 12.8 Å². The van der Waals surface area contributed by atoms with Crippen molar-refractivity contribution in [1.29, 1.82) is 0 Å². The standard InChI is InChI=1S/C16H29N3O6S/c1-2-3-4-5-8-26-10-12(15(23)18-9-14(21)22)19-13(20)7-6-11(17)16(24)25/h11-12H,2-10,17H2,1H3,(H,18,23)(H,19,20)(H,21,22)(H,24,25)/p+1/t11-,12+/m0/s1. The van der Waals surface area contributed by atoms with Crippen molar-refractivity contribution in [2.24, 2.45) is 0 Å². The lowest BCUT2D eigenvalue weighted by Gasteiger charge is -2.18. The molecule has 0 saturated heterocycles. The van der Waals surface area contributed by atoms with Crippen LogP contribution in [0.5, 0.6) is 0 Å². The van der Waals surface area contributed by atoms with Gasteiger partial charge >= 0.3 is 11.9 Å².